The molecule has 0 spiro atoms. The highest BCUT2D eigenvalue weighted by Crippen LogP contribution is 2.36. The zero-order chi connectivity index (χ0) is 14.3. The summed E-state index contributed by atoms with van der Waals surface area (Å²) in [7, 11) is -0.648. The molecule has 0 saturated carbocycles. The quantitative estimate of drug-likeness (QED) is 0.758. The van der Waals surface area contributed by atoms with Crippen molar-refractivity contribution in [3.63, 3.8) is 0 Å². The number of hydrogen-bond donors (Lipinski definition) is 0. The van der Waals surface area contributed by atoms with Crippen molar-refractivity contribution in [1.29, 1.82) is 0 Å². The van der Waals surface area contributed by atoms with Gasteiger partial charge in [0.1, 0.15) is 0 Å². The van der Waals surface area contributed by atoms with Crippen LogP contribution < -0.4 is 5.46 Å². The average molecular weight is 267 g/mol. The lowest BCUT2D eigenvalue weighted by molar-refractivity contribution is -0.0788. The summed E-state index contributed by atoms with van der Waals surface area (Å²) in [4.78, 5) is 18.2. The number of aromatic nitrogens is 1. The van der Waals surface area contributed by atoms with E-state index < -0.39 is 24.3 Å². The maximum absolute atomic E-state index is 11.9. The number of rotatable bonds is 2. The van der Waals surface area contributed by atoms with Gasteiger partial charge in [-0.25, -0.2) is 9.74 Å². The molecular formula is C12H15BFNO4. The lowest BCUT2D eigenvalue weighted by Gasteiger charge is -2.32. The van der Waals surface area contributed by atoms with Gasteiger partial charge in [0.15, 0.2) is 0 Å². The SMILES string of the molecule is CC1(C)OB(c2cncc(C(=O)OF)c2)OC1(C)C. The second-order valence-corrected chi connectivity index (χ2v) is 5.46. The molecule has 2 heterocycles. The zero-order valence-corrected chi connectivity index (χ0v) is 11.3. The van der Waals surface area contributed by atoms with Crippen molar-refractivity contribution in [3.8, 4) is 0 Å². The van der Waals surface area contributed by atoms with Crippen molar-refractivity contribution in [3.05, 3.63) is 24.0 Å². The minimum Gasteiger partial charge on any atom is -0.399 e. The van der Waals surface area contributed by atoms with Gasteiger partial charge in [-0.15, -0.1) is 0 Å². The van der Waals surface area contributed by atoms with Crippen LogP contribution in [0.5, 0.6) is 0 Å². The number of nitrogens with zero attached hydrogens (tertiary/aromatic N) is 1. The monoisotopic (exact) mass is 267 g/mol. The molecule has 1 aromatic heterocycles. The second-order valence-electron chi connectivity index (χ2n) is 5.46. The van der Waals surface area contributed by atoms with E-state index in [9.17, 15) is 9.32 Å². The summed E-state index contributed by atoms with van der Waals surface area (Å²) in [6.07, 6.45) is 2.73. The third kappa shape index (κ3) is 2.48. The molecule has 5 nitrogen and oxygen atoms in total. The molecule has 0 bridgehead atoms. The minimum absolute atomic E-state index is 0.00899. The van der Waals surface area contributed by atoms with E-state index in [1.54, 1.807) is 0 Å². The minimum atomic E-state index is -1.09. The molecule has 1 fully saturated rings. The first kappa shape index (κ1) is 14.0. The van der Waals surface area contributed by atoms with Crippen LogP contribution in [0.15, 0.2) is 18.5 Å². The molecule has 0 radical (unpaired) electrons. The van der Waals surface area contributed by atoms with E-state index >= 15 is 0 Å². The van der Waals surface area contributed by atoms with Crippen molar-refractivity contribution in [2.24, 2.45) is 0 Å². The molecule has 1 saturated heterocycles. The van der Waals surface area contributed by atoms with Crippen LogP contribution in [0.1, 0.15) is 38.1 Å². The standard InChI is InChI=1S/C12H15BFNO4/c1-11(2)12(3,4)19-13(18-11)9-5-8(6-15-7-9)10(16)17-14/h5-7H,1-4H3. The van der Waals surface area contributed by atoms with Crippen LogP contribution in [-0.2, 0) is 14.3 Å². The Hall–Kier alpha value is -1.47. The molecule has 0 unspecified atom stereocenters. The summed E-state index contributed by atoms with van der Waals surface area (Å²) in [5.41, 5.74) is -0.431. The molecule has 19 heavy (non-hydrogen) atoms. The van der Waals surface area contributed by atoms with E-state index in [2.05, 4.69) is 9.93 Å². The molecule has 7 heteroatoms. The van der Waals surface area contributed by atoms with E-state index in [0.29, 0.717) is 5.46 Å². The Morgan fingerprint density at radius 3 is 2.37 bits per heavy atom. The number of hydrogen-bond acceptors (Lipinski definition) is 5. The van der Waals surface area contributed by atoms with Crippen molar-refractivity contribution in [2.75, 3.05) is 0 Å². The van der Waals surface area contributed by atoms with Gasteiger partial charge in [0.25, 0.3) is 0 Å². The molecule has 0 aliphatic carbocycles. The van der Waals surface area contributed by atoms with E-state index in [1.807, 2.05) is 27.7 Å². The van der Waals surface area contributed by atoms with Gasteiger partial charge in [-0.05, 0) is 33.8 Å². The molecule has 1 aliphatic rings. The van der Waals surface area contributed by atoms with E-state index in [0.717, 1.165) is 0 Å². The highest BCUT2D eigenvalue weighted by Gasteiger charge is 2.51. The summed E-state index contributed by atoms with van der Waals surface area (Å²) in [6.45, 7) is 7.67. The lowest BCUT2D eigenvalue weighted by Crippen LogP contribution is -2.41. The first-order chi connectivity index (χ1) is 8.77. The Labute approximate surface area is 111 Å². The molecule has 2 rings (SSSR count). The van der Waals surface area contributed by atoms with Crippen LogP contribution in [0.25, 0.3) is 0 Å². The van der Waals surface area contributed by atoms with Gasteiger partial charge in [-0.1, -0.05) is 0 Å². The summed E-state index contributed by atoms with van der Waals surface area (Å²) >= 11 is 0. The molecular weight excluding hydrogens is 252 g/mol. The Morgan fingerprint density at radius 1 is 1.26 bits per heavy atom. The topological polar surface area (TPSA) is 57.7 Å². The molecule has 0 amide bonds. The highest BCUT2D eigenvalue weighted by atomic mass is 19.3. The first-order valence-corrected chi connectivity index (χ1v) is 5.90. The predicted molar refractivity (Wildman–Crippen MR) is 66.5 cm³/mol. The van der Waals surface area contributed by atoms with Gasteiger partial charge in [0, 0.05) is 22.4 Å². The van der Waals surface area contributed by atoms with Crippen LogP contribution in [0.4, 0.5) is 4.53 Å². The lowest BCUT2D eigenvalue weighted by atomic mass is 9.80. The van der Waals surface area contributed by atoms with Crippen molar-refractivity contribution >= 4 is 18.6 Å². The van der Waals surface area contributed by atoms with Crippen LogP contribution in [0, 0.1) is 0 Å². The smallest absolute Gasteiger partial charge is 0.399 e. The fraction of sp³-hybridized carbons (Fsp3) is 0.500. The van der Waals surface area contributed by atoms with Crippen LogP contribution in [0.3, 0.4) is 0 Å². The maximum Gasteiger partial charge on any atom is 0.496 e. The summed E-state index contributed by atoms with van der Waals surface area (Å²) in [5, 5.41) is 0. The second kappa shape index (κ2) is 4.57. The molecule has 1 aliphatic heterocycles. The molecule has 1 aromatic rings. The Kier molecular flexibility index (Phi) is 3.36. The van der Waals surface area contributed by atoms with Crippen molar-refractivity contribution < 1.29 is 23.6 Å². The molecule has 102 valence electrons. The molecule has 0 N–H and O–H groups in total. The van der Waals surface area contributed by atoms with Crippen molar-refractivity contribution in [2.45, 2.75) is 38.9 Å². The van der Waals surface area contributed by atoms with E-state index in [1.165, 1.54) is 18.5 Å². The fourth-order valence-electron chi connectivity index (χ4n) is 1.72. The van der Waals surface area contributed by atoms with Crippen LogP contribution in [0.2, 0.25) is 0 Å². The normalized spacial score (nSPS) is 20.4. The van der Waals surface area contributed by atoms with Gasteiger partial charge in [0.05, 0.1) is 16.8 Å². The van der Waals surface area contributed by atoms with Gasteiger partial charge in [-0.3, -0.25) is 4.98 Å². The average Bonchev–Trinajstić information content (AvgIpc) is 2.58. The summed E-state index contributed by atoms with van der Waals surface area (Å²) < 4.78 is 23.5. The van der Waals surface area contributed by atoms with Gasteiger partial charge in [0.2, 0.25) is 0 Å². The third-order valence-corrected chi connectivity index (χ3v) is 3.59. The maximum atomic E-state index is 11.9. The highest BCUT2D eigenvalue weighted by molar-refractivity contribution is 6.62. The number of carbonyl (C=O) groups is 1. The summed E-state index contributed by atoms with van der Waals surface area (Å²) in [6, 6.07) is 1.44. The summed E-state index contributed by atoms with van der Waals surface area (Å²) in [5.74, 6) is -1.09. The van der Waals surface area contributed by atoms with E-state index in [4.69, 9.17) is 9.31 Å². The van der Waals surface area contributed by atoms with Gasteiger partial charge < -0.3 is 9.31 Å². The fourth-order valence-corrected chi connectivity index (χ4v) is 1.72. The molecule has 0 aromatic carbocycles. The van der Waals surface area contributed by atoms with Gasteiger partial charge >= 0.3 is 13.1 Å². The largest absolute Gasteiger partial charge is 0.496 e. The first-order valence-electron chi connectivity index (χ1n) is 5.90. The third-order valence-electron chi connectivity index (χ3n) is 3.59. The molecule has 0 atom stereocenters. The van der Waals surface area contributed by atoms with Crippen molar-refractivity contribution in [1.82, 2.24) is 4.98 Å². The van der Waals surface area contributed by atoms with Crippen LogP contribution >= 0.6 is 0 Å². The Morgan fingerprint density at radius 2 is 1.84 bits per heavy atom. The zero-order valence-electron chi connectivity index (χ0n) is 11.3. The van der Waals surface area contributed by atoms with Gasteiger partial charge in [-0.2, -0.15) is 0 Å². The van der Waals surface area contributed by atoms with Crippen LogP contribution in [-0.4, -0.2) is 29.3 Å². The number of carbonyl (C=O) groups excluding carboxylic acids is 1. The Bertz CT molecular complexity index is 490. The number of pyridine rings is 1. The predicted octanol–water partition coefficient (Wildman–Crippen LogP) is 1.42. The number of halogens is 1. The van der Waals surface area contributed by atoms with E-state index in [-0.39, 0.29) is 5.56 Å². The Balaban J connectivity index is 2.27.